The molecule has 2 N–H and O–H groups in total. The van der Waals surface area contributed by atoms with Crippen molar-refractivity contribution in [1.29, 1.82) is 0 Å². The van der Waals surface area contributed by atoms with Crippen LogP contribution < -0.4 is 10.5 Å². The summed E-state index contributed by atoms with van der Waals surface area (Å²) in [6.45, 7) is 1.75. The first-order valence-electron chi connectivity index (χ1n) is 6.94. The highest BCUT2D eigenvalue weighted by atomic mass is 127. The van der Waals surface area contributed by atoms with E-state index in [-0.39, 0.29) is 24.0 Å². The lowest BCUT2D eigenvalue weighted by atomic mass is 10.2. The number of rotatable bonds is 7. The van der Waals surface area contributed by atoms with Crippen LogP contribution >= 0.6 is 24.0 Å². The second kappa shape index (κ2) is 9.09. The molecule has 1 aliphatic carbocycles. The van der Waals surface area contributed by atoms with Crippen molar-refractivity contribution < 1.29 is 9.47 Å². The van der Waals surface area contributed by atoms with Crippen LogP contribution in [-0.2, 0) is 11.3 Å². The molecule has 1 fully saturated rings. The van der Waals surface area contributed by atoms with Crippen molar-refractivity contribution in [2.75, 3.05) is 27.4 Å². The third-order valence-corrected chi connectivity index (χ3v) is 3.36. The van der Waals surface area contributed by atoms with Crippen molar-refractivity contribution in [1.82, 2.24) is 4.90 Å². The number of nitrogens with zero attached hydrogens (tertiary/aromatic N) is 2. The summed E-state index contributed by atoms with van der Waals surface area (Å²) in [5.41, 5.74) is 7.08. The molecule has 0 amide bonds. The number of nitrogens with two attached hydrogens (primary N) is 1. The molecule has 1 aromatic carbocycles. The summed E-state index contributed by atoms with van der Waals surface area (Å²) >= 11 is 0. The maximum Gasteiger partial charge on any atom is 0.191 e. The topological polar surface area (TPSA) is 60.1 Å². The van der Waals surface area contributed by atoms with Crippen LogP contribution in [0.2, 0.25) is 0 Å². The van der Waals surface area contributed by atoms with Crippen molar-refractivity contribution in [2.45, 2.75) is 25.4 Å². The fourth-order valence-electron chi connectivity index (χ4n) is 1.87. The first-order valence-corrected chi connectivity index (χ1v) is 6.94. The van der Waals surface area contributed by atoms with Crippen molar-refractivity contribution in [2.24, 2.45) is 10.7 Å². The highest BCUT2D eigenvalue weighted by molar-refractivity contribution is 14.0. The Morgan fingerprint density at radius 2 is 1.95 bits per heavy atom. The van der Waals surface area contributed by atoms with E-state index in [1.807, 2.05) is 31.3 Å². The summed E-state index contributed by atoms with van der Waals surface area (Å²) in [6, 6.07) is 8.50. The van der Waals surface area contributed by atoms with Gasteiger partial charge in [-0.25, -0.2) is 4.99 Å². The Labute approximate surface area is 143 Å². The molecule has 5 nitrogen and oxygen atoms in total. The van der Waals surface area contributed by atoms with Gasteiger partial charge in [-0.05, 0) is 30.5 Å². The second-order valence-corrected chi connectivity index (χ2v) is 5.00. The molecule has 21 heavy (non-hydrogen) atoms. The number of hydrogen-bond donors (Lipinski definition) is 1. The van der Waals surface area contributed by atoms with E-state index >= 15 is 0 Å². The molecule has 0 radical (unpaired) electrons. The van der Waals surface area contributed by atoms with Gasteiger partial charge in [0.2, 0.25) is 0 Å². The average molecular weight is 405 g/mol. The molecule has 0 aromatic heterocycles. The molecular formula is C15H24IN3O2. The molecule has 1 aliphatic rings. The molecular weight excluding hydrogens is 381 g/mol. The molecule has 0 unspecified atom stereocenters. The number of hydrogen-bond acceptors (Lipinski definition) is 3. The van der Waals surface area contributed by atoms with Crippen LogP contribution in [0.4, 0.5) is 0 Å². The van der Waals surface area contributed by atoms with Gasteiger partial charge in [0.25, 0.3) is 0 Å². The predicted molar refractivity (Wildman–Crippen MR) is 95.3 cm³/mol. The molecule has 118 valence electrons. The van der Waals surface area contributed by atoms with Crippen LogP contribution in [0, 0.1) is 0 Å². The van der Waals surface area contributed by atoms with Gasteiger partial charge in [0.1, 0.15) is 12.4 Å². The first kappa shape index (κ1) is 18.0. The summed E-state index contributed by atoms with van der Waals surface area (Å²) in [5, 5.41) is 0. The van der Waals surface area contributed by atoms with Gasteiger partial charge in [-0.3, -0.25) is 0 Å². The maximum absolute atomic E-state index is 5.95. The molecule has 2 rings (SSSR count). The molecule has 0 spiro atoms. The Morgan fingerprint density at radius 3 is 2.52 bits per heavy atom. The van der Waals surface area contributed by atoms with Crippen LogP contribution in [-0.4, -0.2) is 44.3 Å². The van der Waals surface area contributed by atoms with Crippen LogP contribution in [0.25, 0.3) is 0 Å². The lowest BCUT2D eigenvalue weighted by Gasteiger charge is -2.16. The predicted octanol–water partition coefficient (Wildman–Crippen LogP) is 2.24. The smallest absolute Gasteiger partial charge is 0.191 e. The largest absolute Gasteiger partial charge is 0.491 e. The quantitative estimate of drug-likeness (QED) is 0.327. The highest BCUT2D eigenvalue weighted by Crippen LogP contribution is 2.25. The number of guanidine groups is 1. The summed E-state index contributed by atoms with van der Waals surface area (Å²) < 4.78 is 10.4. The molecule has 0 heterocycles. The second-order valence-electron chi connectivity index (χ2n) is 5.00. The zero-order valence-electron chi connectivity index (χ0n) is 12.6. The van der Waals surface area contributed by atoms with Gasteiger partial charge < -0.3 is 20.1 Å². The lowest BCUT2D eigenvalue weighted by molar-refractivity contribution is 0.146. The number of methoxy groups -OCH3 is 1. The van der Waals surface area contributed by atoms with Gasteiger partial charge in [0, 0.05) is 20.2 Å². The van der Waals surface area contributed by atoms with Crippen LogP contribution in [0.3, 0.4) is 0 Å². The minimum Gasteiger partial charge on any atom is -0.491 e. The van der Waals surface area contributed by atoms with Crippen LogP contribution in [0.15, 0.2) is 29.3 Å². The Balaban J connectivity index is 0.00000220. The van der Waals surface area contributed by atoms with Gasteiger partial charge in [-0.2, -0.15) is 0 Å². The third kappa shape index (κ3) is 6.09. The van der Waals surface area contributed by atoms with Crippen LogP contribution in [0.1, 0.15) is 18.4 Å². The summed E-state index contributed by atoms with van der Waals surface area (Å²) in [7, 11) is 3.66. The maximum atomic E-state index is 5.95. The molecule has 6 heteroatoms. The summed E-state index contributed by atoms with van der Waals surface area (Å²) in [4.78, 5) is 6.48. The normalized spacial score (nSPS) is 14.5. The third-order valence-electron chi connectivity index (χ3n) is 3.36. The lowest BCUT2D eigenvalue weighted by Crippen LogP contribution is -2.35. The van der Waals surface area contributed by atoms with E-state index < -0.39 is 0 Å². The Kier molecular flexibility index (Phi) is 7.81. The summed E-state index contributed by atoms with van der Waals surface area (Å²) in [5.74, 6) is 1.46. The highest BCUT2D eigenvalue weighted by Gasteiger charge is 2.27. The number of benzene rings is 1. The zero-order valence-corrected chi connectivity index (χ0v) is 14.9. The molecule has 0 aliphatic heterocycles. The van der Waals surface area contributed by atoms with E-state index in [2.05, 4.69) is 9.89 Å². The van der Waals surface area contributed by atoms with E-state index in [4.69, 9.17) is 15.2 Å². The zero-order chi connectivity index (χ0) is 14.4. The van der Waals surface area contributed by atoms with E-state index in [0.29, 0.717) is 31.8 Å². The van der Waals surface area contributed by atoms with Gasteiger partial charge in [-0.15, -0.1) is 24.0 Å². The van der Waals surface area contributed by atoms with Crippen molar-refractivity contribution in [3.63, 3.8) is 0 Å². The molecule has 1 aromatic rings. The minimum absolute atomic E-state index is 0. The Hall–Kier alpha value is -1.02. The van der Waals surface area contributed by atoms with Crippen molar-refractivity contribution >= 4 is 29.9 Å². The molecule has 0 bridgehead atoms. The van der Waals surface area contributed by atoms with Gasteiger partial charge in [0.05, 0.1) is 13.2 Å². The number of aliphatic imine (C=N–C) groups is 1. The van der Waals surface area contributed by atoms with Crippen LogP contribution in [0.5, 0.6) is 5.75 Å². The number of halogens is 1. The first-order chi connectivity index (χ1) is 9.70. The van der Waals surface area contributed by atoms with Gasteiger partial charge >= 0.3 is 0 Å². The van der Waals surface area contributed by atoms with E-state index in [9.17, 15) is 0 Å². The molecule has 1 saturated carbocycles. The average Bonchev–Trinajstić information content (AvgIpc) is 3.30. The van der Waals surface area contributed by atoms with E-state index in [1.54, 1.807) is 7.11 Å². The Morgan fingerprint density at radius 1 is 1.29 bits per heavy atom. The monoisotopic (exact) mass is 405 g/mol. The minimum atomic E-state index is 0. The number of ether oxygens (including phenoxy) is 2. The van der Waals surface area contributed by atoms with Gasteiger partial charge in [0.15, 0.2) is 5.96 Å². The fourth-order valence-corrected chi connectivity index (χ4v) is 1.87. The summed E-state index contributed by atoms with van der Waals surface area (Å²) in [6.07, 6.45) is 2.44. The SMILES string of the molecule is COCCOc1ccc(CN=C(N)N(C)C2CC2)cc1.I. The van der Waals surface area contributed by atoms with Crippen molar-refractivity contribution in [3.05, 3.63) is 29.8 Å². The molecule has 0 atom stereocenters. The van der Waals surface area contributed by atoms with Crippen molar-refractivity contribution in [3.8, 4) is 5.75 Å². The standard InChI is InChI=1S/C15H23N3O2.HI/c1-18(13-5-6-13)15(16)17-11-12-3-7-14(8-4-12)20-10-9-19-2;/h3-4,7-8,13H,5-6,9-11H2,1-2H3,(H2,16,17);1H. The molecule has 0 saturated heterocycles. The van der Waals surface area contributed by atoms with E-state index in [0.717, 1.165) is 11.3 Å². The fraction of sp³-hybridized carbons (Fsp3) is 0.533. The van der Waals surface area contributed by atoms with E-state index in [1.165, 1.54) is 12.8 Å². The Bertz CT molecular complexity index is 447. The van der Waals surface area contributed by atoms with Gasteiger partial charge in [-0.1, -0.05) is 12.1 Å².